The quantitative estimate of drug-likeness (QED) is 0.542. The summed E-state index contributed by atoms with van der Waals surface area (Å²) >= 11 is 0.0553. The molecule has 1 rings (SSSR count). The summed E-state index contributed by atoms with van der Waals surface area (Å²) in [6.45, 7) is 13.5. The Bertz CT molecular complexity index is 212. The maximum Gasteiger partial charge on any atom is 0.152 e. The Hall–Kier alpha value is 0.230. The van der Waals surface area contributed by atoms with Crippen molar-refractivity contribution in [2.45, 2.75) is 44.8 Å². The second-order valence-electron chi connectivity index (χ2n) is 6.04. The van der Waals surface area contributed by atoms with Crippen LogP contribution in [-0.2, 0) is 15.4 Å². The highest BCUT2D eigenvalue weighted by Gasteiger charge is 2.31. The normalized spacial score (nSPS) is 19.3. The van der Waals surface area contributed by atoms with Crippen LogP contribution in [0.1, 0.15) is 40.0 Å². The van der Waals surface area contributed by atoms with E-state index in [-0.39, 0.29) is 15.9 Å². The first-order valence-electron chi connectivity index (χ1n) is 7.22. The van der Waals surface area contributed by atoms with Crippen LogP contribution in [0.15, 0.2) is 0 Å². The lowest BCUT2D eigenvalue weighted by Crippen LogP contribution is -2.32. The highest BCUT2D eigenvalue weighted by atomic mass is 32.2. The Morgan fingerprint density at radius 1 is 1.17 bits per heavy atom. The zero-order chi connectivity index (χ0) is 13.4. The van der Waals surface area contributed by atoms with E-state index in [1.54, 1.807) is 0 Å². The number of likely N-dealkylation sites (tertiary alicyclic amines) is 1. The Morgan fingerprint density at radius 3 is 2.44 bits per heavy atom. The van der Waals surface area contributed by atoms with Gasteiger partial charge in [-0.15, -0.1) is 0 Å². The Labute approximate surface area is 116 Å². The molecule has 1 N–H and O–H groups in total. The molecule has 0 aromatic heterocycles. The average Bonchev–Trinajstić information content (AvgIpc) is 2.79. The van der Waals surface area contributed by atoms with Crippen LogP contribution in [0.4, 0.5) is 0 Å². The van der Waals surface area contributed by atoms with Gasteiger partial charge in [0.25, 0.3) is 0 Å². The lowest BCUT2D eigenvalue weighted by molar-refractivity contribution is 0.321. The summed E-state index contributed by atoms with van der Waals surface area (Å²) < 4.78 is 6.11. The maximum atomic E-state index is 5.84. The van der Waals surface area contributed by atoms with Crippen LogP contribution < -0.4 is 5.32 Å². The monoisotopic (exact) mass is 275 g/mol. The first-order valence-corrected chi connectivity index (χ1v) is 8.78. The summed E-state index contributed by atoms with van der Waals surface area (Å²) in [4.78, 5) is 2.57. The van der Waals surface area contributed by atoms with E-state index in [1.165, 1.54) is 38.9 Å². The van der Waals surface area contributed by atoms with Gasteiger partial charge in [0.1, 0.15) is 24.0 Å². The minimum absolute atomic E-state index is 0.0553. The number of hydrogen-bond acceptors (Lipinski definition) is 3. The van der Waals surface area contributed by atoms with Crippen LogP contribution in [-0.4, -0.2) is 55.2 Å². The van der Waals surface area contributed by atoms with Gasteiger partial charge in [-0.2, -0.15) is 4.18 Å². The number of rotatable bonds is 8. The summed E-state index contributed by atoms with van der Waals surface area (Å²) in [5.41, 5.74) is 0. The van der Waals surface area contributed by atoms with Gasteiger partial charge in [-0.05, 0) is 66.2 Å². The third-order valence-corrected chi connectivity index (χ3v) is 5.67. The van der Waals surface area contributed by atoms with Crippen LogP contribution in [0.5, 0.6) is 0 Å². The van der Waals surface area contributed by atoms with Gasteiger partial charge in [-0.1, -0.05) is 0 Å². The predicted molar refractivity (Wildman–Crippen MR) is 82.2 cm³/mol. The van der Waals surface area contributed by atoms with Crippen molar-refractivity contribution in [1.29, 1.82) is 0 Å². The van der Waals surface area contributed by atoms with Crippen molar-refractivity contribution >= 4 is 11.2 Å². The van der Waals surface area contributed by atoms with Gasteiger partial charge in [0.2, 0.25) is 0 Å². The van der Waals surface area contributed by atoms with Crippen LogP contribution in [0.3, 0.4) is 0 Å². The van der Waals surface area contributed by atoms with Gasteiger partial charge in [0, 0.05) is 6.54 Å². The van der Waals surface area contributed by atoms with E-state index in [0.29, 0.717) is 0 Å². The first-order chi connectivity index (χ1) is 8.50. The molecule has 1 fully saturated rings. The molecule has 1 atom stereocenters. The summed E-state index contributed by atoms with van der Waals surface area (Å²) in [6.07, 6.45) is 6.24. The number of nitrogens with zero attached hydrogens (tertiary/aromatic N) is 1. The predicted octanol–water partition coefficient (Wildman–Crippen LogP) is 2.04. The molecule has 1 aliphatic heterocycles. The molecular weight excluding hydrogens is 244 g/mol. The molecule has 1 heterocycles. The third kappa shape index (κ3) is 6.98. The van der Waals surface area contributed by atoms with E-state index in [1.807, 2.05) is 0 Å². The van der Waals surface area contributed by atoms with Crippen LogP contribution in [0, 0.1) is 0 Å². The highest BCUT2D eigenvalue weighted by molar-refractivity contribution is 7.93. The van der Waals surface area contributed by atoms with Crippen LogP contribution in [0.2, 0.25) is 0 Å². The smallest absolute Gasteiger partial charge is 0.152 e. The summed E-state index contributed by atoms with van der Waals surface area (Å²) in [5, 5.41) is 3.47. The Balaban J connectivity index is 1.86. The molecule has 0 saturated carbocycles. The number of hydrogen-bond donors (Lipinski definition) is 1. The molecule has 1 unspecified atom stereocenters. The largest absolute Gasteiger partial charge is 0.314 e. The first kappa shape index (κ1) is 16.3. The Morgan fingerprint density at radius 2 is 1.83 bits per heavy atom. The van der Waals surface area contributed by atoms with Crippen LogP contribution >= 0.6 is 0 Å². The van der Waals surface area contributed by atoms with E-state index < -0.39 is 0 Å². The lowest BCUT2D eigenvalue weighted by atomic mass is 10.3. The van der Waals surface area contributed by atoms with Crippen molar-refractivity contribution in [3.8, 4) is 0 Å². The third-order valence-electron chi connectivity index (χ3n) is 3.43. The van der Waals surface area contributed by atoms with Crippen molar-refractivity contribution in [3.05, 3.63) is 0 Å². The van der Waals surface area contributed by atoms with Crippen molar-refractivity contribution < 1.29 is 4.18 Å². The second kappa shape index (κ2) is 8.41. The van der Waals surface area contributed by atoms with E-state index in [9.17, 15) is 0 Å². The topological polar surface area (TPSA) is 24.5 Å². The fourth-order valence-electron chi connectivity index (χ4n) is 1.97. The molecule has 0 bridgehead atoms. The van der Waals surface area contributed by atoms with E-state index in [4.69, 9.17) is 4.18 Å². The molecular formula is C14H31N2OS+. The van der Waals surface area contributed by atoms with E-state index >= 15 is 0 Å². The molecule has 4 heteroatoms. The molecule has 0 amide bonds. The second-order valence-corrected chi connectivity index (χ2v) is 8.41. The fraction of sp³-hybridized carbons (Fsp3) is 1.00. The Kier molecular flexibility index (Phi) is 7.61. The van der Waals surface area contributed by atoms with Crippen molar-refractivity contribution in [3.63, 3.8) is 0 Å². The van der Waals surface area contributed by atoms with E-state index in [0.717, 1.165) is 19.7 Å². The minimum atomic E-state index is 0.0553. The zero-order valence-electron chi connectivity index (χ0n) is 12.6. The van der Waals surface area contributed by atoms with Gasteiger partial charge in [-0.25, -0.2) is 0 Å². The molecule has 1 saturated heterocycles. The molecule has 0 aromatic rings. The van der Waals surface area contributed by atoms with E-state index in [2.05, 4.69) is 37.2 Å². The average molecular weight is 275 g/mol. The summed E-state index contributed by atoms with van der Waals surface area (Å²) in [6, 6.07) is 0. The van der Waals surface area contributed by atoms with Crippen LogP contribution in [0.25, 0.3) is 0 Å². The molecule has 3 nitrogen and oxygen atoms in total. The van der Waals surface area contributed by atoms with Gasteiger partial charge >= 0.3 is 0 Å². The zero-order valence-corrected chi connectivity index (χ0v) is 13.4. The summed E-state index contributed by atoms with van der Waals surface area (Å²) in [5.74, 6) is 0. The maximum absolute atomic E-state index is 5.84. The summed E-state index contributed by atoms with van der Waals surface area (Å²) in [7, 11) is 0. The van der Waals surface area contributed by atoms with Gasteiger partial charge < -0.3 is 10.2 Å². The molecule has 18 heavy (non-hydrogen) atoms. The SMILES string of the molecule is C[S+](OCCNCCCN1CCCC1)C(C)(C)C. The molecule has 0 radical (unpaired) electrons. The van der Waals surface area contributed by atoms with Crippen molar-refractivity contribution in [2.24, 2.45) is 0 Å². The van der Waals surface area contributed by atoms with Crippen molar-refractivity contribution in [1.82, 2.24) is 10.2 Å². The van der Waals surface area contributed by atoms with Gasteiger partial charge in [0.05, 0.1) is 0 Å². The molecule has 108 valence electrons. The fourth-order valence-corrected chi connectivity index (χ4v) is 2.66. The molecule has 1 aliphatic rings. The minimum Gasteiger partial charge on any atom is -0.314 e. The van der Waals surface area contributed by atoms with Crippen molar-refractivity contribution in [2.75, 3.05) is 45.6 Å². The van der Waals surface area contributed by atoms with Gasteiger partial charge in [-0.3, -0.25) is 0 Å². The lowest BCUT2D eigenvalue weighted by Gasteiger charge is -2.16. The highest BCUT2D eigenvalue weighted by Crippen LogP contribution is 2.16. The molecule has 0 aliphatic carbocycles. The number of nitrogens with one attached hydrogen (secondary N) is 1. The molecule has 0 aromatic carbocycles. The standard InChI is InChI=1S/C14H31N2OS/c1-14(2,3)18(4)17-13-9-15-8-7-12-16-10-5-6-11-16/h15H,5-13H2,1-4H3/q+1. The van der Waals surface area contributed by atoms with Gasteiger partial charge in [0.15, 0.2) is 4.75 Å². The molecule has 0 spiro atoms.